The van der Waals surface area contributed by atoms with E-state index in [1.807, 2.05) is 41.3 Å². The lowest BCUT2D eigenvalue weighted by Gasteiger charge is -2.15. The average molecular weight is 389 g/mol. The number of benzene rings is 2. The monoisotopic (exact) mass is 388 g/mol. The number of carbonyl (C=O) groups excluding carboxylic acids is 1. The summed E-state index contributed by atoms with van der Waals surface area (Å²) in [6.07, 6.45) is 5.81. The molecule has 1 aromatic heterocycles. The van der Waals surface area contributed by atoms with Crippen LogP contribution in [-0.4, -0.2) is 35.5 Å². The number of para-hydroxylation sites is 1. The molecule has 4 heteroatoms. The van der Waals surface area contributed by atoms with Gasteiger partial charge in [0.25, 0.3) is 0 Å². The average Bonchev–Trinajstić information content (AvgIpc) is 3.31. The summed E-state index contributed by atoms with van der Waals surface area (Å²) in [5.41, 5.74) is 3.07. The van der Waals surface area contributed by atoms with Crippen LogP contribution in [0, 0.1) is 0 Å². The van der Waals surface area contributed by atoms with E-state index >= 15 is 0 Å². The van der Waals surface area contributed by atoms with E-state index in [2.05, 4.69) is 24.3 Å². The fraction of sp³-hybridized carbons (Fsp3) is 0.360. The molecule has 0 bridgehead atoms. The van der Waals surface area contributed by atoms with Crippen molar-refractivity contribution in [3.63, 3.8) is 0 Å². The molecule has 1 aliphatic heterocycles. The largest absolute Gasteiger partial charge is 0.477 e. The molecule has 4 rings (SSSR count). The van der Waals surface area contributed by atoms with Crippen molar-refractivity contribution in [3.05, 3.63) is 60.7 Å². The Kier molecular flexibility index (Phi) is 6.40. The second-order valence-corrected chi connectivity index (χ2v) is 7.65. The topological polar surface area (TPSA) is 42.4 Å². The van der Waals surface area contributed by atoms with E-state index in [0.29, 0.717) is 24.8 Å². The molecule has 29 heavy (non-hydrogen) atoms. The Morgan fingerprint density at radius 3 is 2.52 bits per heavy atom. The van der Waals surface area contributed by atoms with Gasteiger partial charge in [0.1, 0.15) is 0 Å². The highest BCUT2D eigenvalue weighted by Crippen LogP contribution is 2.31. The Morgan fingerprint density at radius 1 is 0.931 bits per heavy atom. The van der Waals surface area contributed by atoms with Gasteiger partial charge in [-0.1, -0.05) is 48.5 Å². The predicted molar refractivity (Wildman–Crippen MR) is 117 cm³/mol. The molecule has 0 saturated carbocycles. The molecule has 0 unspecified atom stereocenters. The van der Waals surface area contributed by atoms with Crippen molar-refractivity contribution in [2.24, 2.45) is 0 Å². The molecular formula is C25H28N2O2. The smallest absolute Gasteiger partial charge is 0.222 e. The number of likely N-dealkylation sites (tertiary alicyclic amines) is 1. The molecular weight excluding hydrogens is 360 g/mol. The number of unbranched alkanes of at least 4 members (excludes halogenated alkanes) is 2. The van der Waals surface area contributed by atoms with Crippen LogP contribution < -0.4 is 4.74 Å². The number of carbonyl (C=O) groups is 1. The Balaban J connectivity index is 1.35. The molecule has 3 aromatic rings. The van der Waals surface area contributed by atoms with Gasteiger partial charge < -0.3 is 9.64 Å². The molecule has 0 spiro atoms. The maximum atomic E-state index is 12.1. The van der Waals surface area contributed by atoms with Crippen LogP contribution in [0.5, 0.6) is 5.88 Å². The van der Waals surface area contributed by atoms with E-state index in [1.54, 1.807) is 0 Å². The first-order chi connectivity index (χ1) is 14.3. The van der Waals surface area contributed by atoms with Gasteiger partial charge in [0.2, 0.25) is 11.8 Å². The minimum atomic E-state index is 0.311. The van der Waals surface area contributed by atoms with E-state index in [9.17, 15) is 4.79 Å². The van der Waals surface area contributed by atoms with Crippen LogP contribution >= 0.6 is 0 Å². The molecule has 2 aromatic carbocycles. The van der Waals surface area contributed by atoms with Gasteiger partial charge in [0.05, 0.1) is 12.1 Å². The second-order valence-electron chi connectivity index (χ2n) is 7.65. The van der Waals surface area contributed by atoms with Crippen molar-refractivity contribution in [2.75, 3.05) is 19.7 Å². The molecule has 1 aliphatic rings. The summed E-state index contributed by atoms with van der Waals surface area (Å²) in [4.78, 5) is 18.9. The molecule has 0 N–H and O–H groups in total. The fourth-order valence-corrected chi connectivity index (χ4v) is 3.88. The highest BCUT2D eigenvalue weighted by Gasteiger charge is 2.17. The van der Waals surface area contributed by atoms with E-state index in [4.69, 9.17) is 9.72 Å². The van der Waals surface area contributed by atoms with Gasteiger partial charge in [-0.25, -0.2) is 4.98 Å². The zero-order valence-electron chi connectivity index (χ0n) is 16.8. The minimum absolute atomic E-state index is 0.311. The number of hydrogen-bond acceptors (Lipinski definition) is 3. The second kappa shape index (κ2) is 9.55. The lowest BCUT2D eigenvalue weighted by Crippen LogP contribution is -2.27. The van der Waals surface area contributed by atoms with Gasteiger partial charge >= 0.3 is 0 Å². The van der Waals surface area contributed by atoms with Crippen LogP contribution in [0.1, 0.15) is 38.5 Å². The molecule has 4 nitrogen and oxygen atoms in total. The van der Waals surface area contributed by atoms with Crippen LogP contribution in [0.25, 0.3) is 22.0 Å². The zero-order valence-corrected chi connectivity index (χ0v) is 16.8. The SMILES string of the molecule is O=C(CCCCCOc1nc2ccccc2cc1-c1ccccc1)N1CCCC1. The van der Waals surface area contributed by atoms with Gasteiger partial charge in [0, 0.05) is 30.5 Å². The third-order valence-electron chi connectivity index (χ3n) is 5.51. The Morgan fingerprint density at radius 2 is 1.69 bits per heavy atom. The van der Waals surface area contributed by atoms with Gasteiger partial charge in [0.15, 0.2) is 0 Å². The standard InChI is InChI=1S/C25H28N2O2/c28-24(27-16-8-9-17-27)15-5-2-10-18-29-25-22(20-11-3-1-4-12-20)19-21-13-6-7-14-23(21)26-25/h1,3-4,6-7,11-14,19H,2,5,8-10,15-18H2. The first kappa shape index (κ1) is 19.4. The summed E-state index contributed by atoms with van der Waals surface area (Å²) in [6.45, 7) is 2.50. The van der Waals surface area contributed by atoms with Crippen molar-refractivity contribution in [1.82, 2.24) is 9.88 Å². The number of hydrogen-bond donors (Lipinski definition) is 0. The molecule has 1 fully saturated rings. The molecule has 150 valence electrons. The van der Waals surface area contributed by atoms with Crippen molar-refractivity contribution in [3.8, 4) is 17.0 Å². The lowest BCUT2D eigenvalue weighted by molar-refractivity contribution is -0.130. The number of nitrogens with zero attached hydrogens (tertiary/aromatic N) is 2. The van der Waals surface area contributed by atoms with Crippen molar-refractivity contribution < 1.29 is 9.53 Å². The quantitative estimate of drug-likeness (QED) is 0.481. The number of fused-ring (bicyclic) bond motifs is 1. The maximum Gasteiger partial charge on any atom is 0.222 e. The maximum absolute atomic E-state index is 12.1. The van der Waals surface area contributed by atoms with Gasteiger partial charge in [-0.05, 0) is 49.8 Å². The summed E-state index contributed by atoms with van der Waals surface area (Å²) in [6, 6.07) is 20.5. The van der Waals surface area contributed by atoms with E-state index in [0.717, 1.165) is 67.2 Å². The first-order valence-electron chi connectivity index (χ1n) is 10.7. The minimum Gasteiger partial charge on any atom is -0.477 e. The van der Waals surface area contributed by atoms with Crippen LogP contribution in [0.2, 0.25) is 0 Å². The van der Waals surface area contributed by atoms with E-state index in [1.165, 1.54) is 0 Å². The highest BCUT2D eigenvalue weighted by molar-refractivity contribution is 5.86. The van der Waals surface area contributed by atoms with Crippen molar-refractivity contribution in [2.45, 2.75) is 38.5 Å². The summed E-state index contributed by atoms with van der Waals surface area (Å²) >= 11 is 0. The third kappa shape index (κ3) is 4.94. The number of pyridine rings is 1. The van der Waals surface area contributed by atoms with Crippen LogP contribution in [0.4, 0.5) is 0 Å². The number of aromatic nitrogens is 1. The van der Waals surface area contributed by atoms with Crippen LogP contribution in [-0.2, 0) is 4.79 Å². The fourth-order valence-electron chi connectivity index (χ4n) is 3.88. The Bertz CT molecular complexity index is 949. The van der Waals surface area contributed by atoms with Gasteiger partial charge in [-0.2, -0.15) is 0 Å². The number of ether oxygens (including phenoxy) is 1. The predicted octanol–water partition coefficient (Wildman–Crippen LogP) is 5.46. The van der Waals surface area contributed by atoms with Gasteiger partial charge in [-0.15, -0.1) is 0 Å². The lowest BCUT2D eigenvalue weighted by atomic mass is 10.0. The first-order valence-corrected chi connectivity index (χ1v) is 10.7. The van der Waals surface area contributed by atoms with Crippen molar-refractivity contribution in [1.29, 1.82) is 0 Å². The van der Waals surface area contributed by atoms with Crippen molar-refractivity contribution >= 4 is 16.8 Å². The molecule has 0 atom stereocenters. The molecule has 1 saturated heterocycles. The zero-order chi connectivity index (χ0) is 19.9. The van der Waals surface area contributed by atoms with Gasteiger partial charge in [-0.3, -0.25) is 4.79 Å². The Labute approximate surface area is 172 Å². The normalized spacial score (nSPS) is 13.7. The Hall–Kier alpha value is -2.88. The summed E-state index contributed by atoms with van der Waals surface area (Å²) < 4.78 is 6.10. The number of amides is 1. The number of rotatable bonds is 8. The molecule has 0 radical (unpaired) electrons. The summed E-state index contributed by atoms with van der Waals surface area (Å²) in [5.74, 6) is 0.994. The molecule has 2 heterocycles. The molecule has 0 aliphatic carbocycles. The van der Waals surface area contributed by atoms with E-state index in [-0.39, 0.29) is 0 Å². The van der Waals surface area contributed by atoms with Crippen LogP contribution in [0.15, 0.2) is 60.7 Å². The third-order valence-corrected chi connectivity index (χ3v) is 5.51. The van der Waals surface area contributed by atoms with E-state index < -0.39 is 0 Å². The molecule has 1 amide bonds. The summed E-state index contributed by atoms with van der Waals surface area (Å²) in [5, 5.41) is 1.11. The highest BCUT2D eigenvalue weighted by atomic mass is 16.5. The van der Waals surface area contributed by atoms with Crippen LogP contribution in [0.3, 0.4) is 0 Å². The summed E-state index contributed by atoms with van der Waals surface area (Å²) in [7, 11) is 0.